The summed E-state index contributed by atoms with van der Waals surface area (Å²) in [5.74, 6) is 0.969. The summed E-state index contributed by atoms with van der Waals surface area (Å²) in [4.78, 5) is 34.7. The molecular formula is C73H59Cl4F3N4O7. The molecular weight excluding hydrogens is 1240 g/mol. The minimum atomic E-state index is -4.53. The number of anilines is 5. The lowest BCUT2D eigenvalue weighted by Crippen LogP contribution is -2.33. The van der Waals surface area contributed by atoms with Crippen molar-refractivity contribution in [2.75, 3.05) is 75.0 Å². The molecule has 9 aromatic rings. The molecule has 3 aliphatic heterocycles. The first-order valence-electron chi connectivity index (χ1n) is 29.2. The topological polar surface area (TPSA) is 102 Å². The van der Waals surface area contributed by atoms with Crippen LogP contribution < -0.4 is 34.2 Å². The third-order valence-corrected chi connectivity index (χ3v) is 18.6. The number of fused-ring (bicyclic) bond motifs is 7. The van der Waals surface area contributed by atoms with E-state index in [4.69, 9.17) is 70.1 Å². The number of nitrogens with one attached hydrogen (secondary N) is 1. The Morgan fingerprint density at radius 1 is 0.560 bits per heavy atom. The Balaban J connectivity index is 0.854. The lowest BCUT2D eigenvalue weighted by Gasteiger charge is -2.37. The van der Waals surface area contributed by atoms with Gasteiger partial charge in [-0.2, -0.15) is 13.2 Å². The second kappa shape index (κ2) is 25.0. The van der Waals surface area contributed by atoms with E-state index in [0.717, 1.165) is 57.9 Å². The van der Waals surface area contributed by atoms with Gasteiger partial charge in [0.25, 0.3) is 0 Å². The van der Waals surface area contributed by atoms with Crippen LogP contribution in [0.2, 0.25) is 20.1 Å². The number of benzene rings is 9. The van der Waals surface area contributed by atoms with E-state index in [0.29, 0.717) is 81.7 Å². The molecule has 0 saturated heterocycles. The van der Waals surface area contributed by atoms with Crippen LogP contribution in [-0.4, -0.2) is 66.9 Å². The fraction of sp³-hybridized carbons (Fsp3) is 0.178. The summed E-state index contributed by atoms with van der Waals surface area (Å²) in [6.07, 6.45) is -0.0114. The fourth-order valence-corrected chi connectivity index (χ4v) is 13.2. The smallest absolute Gasteiger partial charge is 0.416 e. The fourth-order valence-electron chi connectivity index (χ4n) is 12.1. The number of hydrogen-bond acceptors (Lipinski definition) is 11. The molecule has 1 N–H and O–H groups in total. The van der Waals surface area contributed by atoms with E-state index >= 15 is 0 Å². The molecule has 2 unspecified atom stereocenters. The number of halogens is 7. The maximum Gasteiger partial charge on any atom is 0.416 e. The van der Waals surface area contributed by atoms with Crippen LogP contribution in [-0.2, 0) is 26.9 Å². The van der Waals surface area contributed by atoms with Gasteiger partial charge in [-0.05, 0) is 162 Å². The highest BCUT2D eigenvalue weighted by molar-refractivity contribution is 6.53. The molecule has 18 heteroatoms. The Morgan fingerprint density at radius 2 is 1.13 bits per heavy atom. The number of hydrogen-bond donors (Lipinski definition) is 1. The van der Waals surface area contributed by atoms with E-state index in [2.05, 4.69) is 22.0 Å². The predicted octanol–water partition coefficient (Wildman–Crippen LogP) is 18.7. The summed E-state index contributed by atoms with van der Waals surface area (Å²) in [7, 11) is 9.18. The van der Waals surface area contributed by atoms with Crippen LogP contribution in [0, 0.1) is 0 Å². The van der Waals surface area contributed by atoms with Crippen LogP contribution in [0.3, 0.4) is 0 Å². The van der Waals surface area contributed by atoms with Gasteiger partial charge in [0.2, 0.25) is 0 Å². The number of carbonyl (C=O) groups is 2. The first-order valence-corrected chi connectivity index (χ1v) is 30.7. The number of esters is 2. The van der Waals surface area contributed by atoms with Crippen LogP contribution in [0.1, 0.15) is 84.1 Å². The van der Waals surface area contributed by atoms with Gasteiger partial charge in [0, 0.05) is 97.5 Å². The van der Waals surface area contributed by atoms with E-state index in [-0.39, 0.29) is 36.9 Å². The zero-order chi connectivity index (χ0) is 64.1. The minimum absolute atomic E-state index is 0.00194. The molecule has 3 heterocycles. The van der Waals surface area contributed by atoms with Crippen molar-refractivity contribution >= 4 is 97.9 Å². The molecule has 0 bridgehead atoms. The highest BCUT2D eigenvalue weighted by Gasteiger charge is 2.54. The van der Waals surface area contributed by atoms with Gasteiger partial charge in [-0.3, -0.25) is 0 Å². The standard InChI is InChI=1S/C73H59Cl4F3N4O7/c1-7-84(52-29-34-59-62(40-52)89-61-35-24-49(81-48-13-10-12-47(38-48)73(78,79)80)39-60(61)72(59)58-15-9-8-14-55(58)69(85)91-72)37-11-36-83(4)51-27-18-44(19-28-51)57(46-22-32-54(88-6)33-23-46)42-71(64-63(70(86)90-71)65(74)67(76)68(77)66(64)75)41-56(45-20-30-53(87-5)31-21-45)43-16-25-50(26-17-43)82(2)3/h8-10,12-35,38-42,81H,7,11,36-37H2,1-6H3/b56-41+,57-42-. The maximum absolute atomic E-state index is 14.5. The number of rotatable bonds is 18. The Labute approximate surface area is 545 Å². The van der Waals surface area contributed by atoms with Crippen LogP contribution >= 0.6 is 46.4 Å². The Morgan fingerprint density at radius 3 is 1.73 bits per heavy atom. The van der Waals surface area contributed by atoms with Crippen molar-refractivity contribution in [1.82, 2.24) is 0 Å². The van der Waals surface area contributed by atoms with Gasteiger partial charge in [0.05, 0.1) is 51.0 Å². The predicted molar refractivity (Wildman–Crippen MR) is 356 cm³/mol. The lowest BCUT2D eigenvalue weighted by atomic mass is 9.77. The van der Waals surface area contributed by atoms with Gasteiger partial charge in [0.15, 0.2) is 11.2 Å². The Kier molecular flexibility index (Phi) is 17.1. The van der Waals surface area contributed by atoms with Gasteiger partial charge in [0.1, 0.15) is 23.0 Å². The van der Waals surface area contributed by atoms with Gasteiger partial charge in [-0.15, -0.1) is 0 Å². The highest BCUT2D eigenvalue weighted by atomic mass is 35.5. The first-order chi connectivity index (χ1) is 43.7. The molecule has 3 aliphatic rings. The zero-order valence-electron chi connectivity index (χ0n) is 50.1. The van der Waals surface area contributed by atoms with Crippen molar-refractivity contribution in [3.63, 3.8) is 0 Å². The molecule has 12 rings (SSSR count). The maximum atomic E-state index is 14.5. The summed E-state index contributed by atoms with van der Waals surface area (Å²) in [6.45, 7) is 4.09. The van der Waals surface area contributed by atoms with Crippen LogP contribution in [0.5, 0.6) is 23.0 Å². The molecule has 11 nitrogen and oxygen atoms in total. The second-order valence-corrected chi connectivity index (χ2v) is 23.9. The molecule has 0 amide bonds. The number of alkyl halides is 3. The highest BCUT2D eigenvalue weighted by Crippen LogP contribution is 2.58. The van der Waals surface area contributed by atoms with Crippen LogP contribution in [0.4, 0.5) is 41.6 Å². The average Bonchev–Trinajstić information content (AvgIpc) is 1.64. The number of nitrogens with zero attached hydrogens (tertiary/aromatic N) is 3. The summed E-state index contributed by atoms with van der Waals surface area (Å²) >= 11 is 27.8. The van der Waals surface area contributed by atoms with Crippen molar-refractivity contribution in [1.29, 1.82) is 0 Å². The molecule has 0 fully saturated rings. The quantitative estimate of drug-likeness (QED) is 0.0505. The summed E-state index contributed by atoms with van der Waals surface area (Å²) in [5, 5.41) is 2.92. The zero-order valence-corrected chi connectivity index (χ0v) is 53.2. The number of methoxy groups -OCH3 is 2. The average molecular weight is 1300 g/mol. The normalized spacial score (nSPS) is 16.5. The Bertz CT molecular complexity index is 4370. The van der Waals surface area contributed by atoms with Crippen molar-refractivity contribution in [3.05, 3.63) is 275 Å². The first kappa shape index (κ1) is 62.2. The van der Waals surface area contributed by atoms with Gasteiger partial charge < -0.3 is 43.7 Å². The van der Waals surface area contributed by atoms with Gasteiger partial charge in [-0.25, -0.2) is 9.59 Å². The molecule has 0 aliphatic carbocycles. The van der Waals surface area contributed by atoms with Crippen LogP contribution in [0.25, 0.3) is 11.1 Å². The van der Waals surface area contributed by atoms with E-state index in [1.165, 1.54) is 6.07 Å². The third-order valence-electron chi connectivity index (χ3n) is 16.8. The molecule has 1 spiro atoms. The van der Waals surface area contributed by atoms with E-state index in [1.54, 1.807) is 50.6 Å². The van der Waals surface area contributed by atoms with Gasteiger partial charge in [-0.1, -0.05) is 119 Å². The van der Waals surface area contributed by atoms with E-state index in [9.17, 15) is 22.8 Å². The van der Waals surface area contributed by atoms with E-state index in [1.807, 2.05) is 166 Å². The van der Waals surface area contributed by atoms with Crippen molar-refractivity contribution < 1.29 is 46.4 Å². The molecule has 9 aromatic carbocycles. The second-order valence-electron chi connectivity index (χ2n) is 22.4. The van der Waals surface area contributed by atoms with Crippen molar-refractivity contribution in [2.45, 2.75) is 30.7 Å². The Hall–Kier alpha value is -9.05. The van der Waals surface area contributed by atoms with Crippen molar-refractivity contribution in [3.8, 4) is 23.0 Å². The van der Waals surface area contributed by atoms with Crippen LogP contribution in [0.15, 0.2) is 194 Å². The number of cyclic esters (lactones) is 1. The summed E-state index contributed by atoms with van der Waals surface area (Å²) in [6, 6.07) is 54.6. The molecule has 2 atom stereocenters. The number of ether oxygens (including phenoxy) is 5. The molecule has 0 saturated carbocycles. The largest absolute Gasteiger partial charge is 0.497 e. The molecule has 0 radical (unpaired) electrons. The number of carbonyl (C=O) groups excluding carboxylic acids is 2. The van der Waals surface area contributed by atoms with Gasteiger partial charge >= 0.3 is 18.1 Å². The minimum Gasteiger partial charge on any atom is -0.497 e. The third kappa shape index (κ3) is 11.7. The SMILES string of the molecule is CCN(CCCN(C)c1ccc(/C(=C/C2(/C=C(/c3ccc(OC)cc3)c3ccc(N(C)C)cc3)OC(=O)c3c(Cl)c(Cl)c(Cl)c(Cl)c32)c2ccc(OC)cc2)cc1)c1ccc2c(c1)Oc1ccc(Nc3cccc(C(F)(F)F)c3)cc1C21OC(=O)c2ccccc21. The monoisotopic (exact) mass is 1300 g/mol. The summed E-state index contributed by atoms with van der Waals surface area (Å²) in [5.41, 5.74) is 6.46. The van der Waals surface area contributed by atoms with Crippen molar-refractivity contribution in [2.24, 2.45) is 0 Å². The lowest BCUT2D eigenvalue weighted by molar-refractivity contribution is -0.137. The molecule has 462 valence electrons. The molecule has 0 aromatic heterocycles. The summed E-state index contributed by atoms with van der Waals surface area (Å²) < 4.78 is 72.1. The molecule has 91 heavy (non-hydrogen) atoms. The van der Waals surface area contributed by atoms with E-state index < -0.39 is 34.9 Å².